The molecule has 1 heterocycles. The van der Waals surface area contributed by atoms with Gasteiger partial charge in [-0.15, -0.1) is 0 Å². The van der Waals surface area contributed by atoms with Gasteiger partial charge in [0.2, 0.25) is 11.8 Å². The number of benzene rings is 1. The van der Waals surface area contributed by atoms with E-state index in [2.05, 4.69) is 22.4 Å². The second kappa shape index (κ2) is 10.0. The van der Waals surface area contributed by atoms with E-state index in [9.17, 15) is 9.59 Å². The summed E-state index contributed by atoms with van der Waals surface area (Å²) in [7, 11) is 0. The van der Waals surface area contributed by atoms with Crippen LogP contribution in [0.3, 0.4) is 0 Å². The lowest BCUT2D eigenvalue weighted by Gasteiger charge is -2.31. The first kappa shape index (κ1) is 20.1. The van der Waals surface area contributed by atoms with Crippen LogP contribution in [0, 0.1) is 11.8 Å². The molecule has 5 nitrogen and oxygen atoms in total. The molecule has 1 aromatic carbocycles. The quantitative estimate of drug-likeness (QED) is 0.800. The Balaban J connectivity index is 1.47. The molecular weight excluding hydrogens is 350 g/mol. The highest BCUT2D eigenvalue weighted by Crippen LogP contribution is 2.30. The van der Waals surface area contributed by atoms with Gasteiger partial charge in [0.25, 0.3) is 0 Å². The summed E-state index contributed by atoms with van der Waals surface area (Å²) in [6.07, 6.45) is 6.60. The molecule has 1 aromatic heterocycles. The number of amides is 2. The molecule has 1 fully saturated rings. The van der Waals surface area contributed by atoms with Crippen molar-refractivity contribution in [3.63, 3.8) is 0 Å². The topological polar surface area (TPSA) is 62.3 Å². The SMILES string of the molecule is CCN(Cc1ccccc1)C(=O)C1CCC(C(=O)NCc2ccncc2)CC1. The minimum absolute atomic E-state index is 0.00934. The highest BCUT2D eigenvalue weighted by Gasteiger charge is 2.31. The second-order valence-electron chi connectivity index (χ2n) is 7.46. The Morgan fingerprint density at radius 1 is 0.964 bits per heavy atom. The zero-order valence-electron chi connectivity index (χ0n) is 16.5. The molecule has 2 aromatic rings. The molecule has 1 aliphatic rings. The third-order valence-electron chi connectivity index (χ3n) is 5.57. The molecule has 0 atom stereocenters. The van der Waals surface area contributed by atoms with Crippen molar-refractivity contribution >= 4 is 11.8 Å². The van der Waals surface area contributed by atoms with E-state index in [0.717, 1.165) is 36.8 Å². The van der Waals surface area contributed by atoms with Gasteiger partial charge in [-0.1, -0.05) is 30.3 Å². The predicted molar refractivity (Wildman–Crippen MR) is 109 cm³/mol. The van der Waals surface area contributed by atoms with Gasteiger partial charge < -0.3 is 10.2 Å². The van der Waals surface area contributed by atoms with Crippen molar-refractivity contribution in [1.29, 1.82) is 0 Å². The Bertz CT molecular complexity index is 756. The summed E-state index contributed by atoms with van der Waals surface area (Å²) in [4.78, 5) is 31.3. The number of rotatable bonds is 7. The largest absolute Gasteiger partial charge is 0.352 e. The van der Waals surface area contributed by atoms with Gasteiger partial charge in [-0.2, -0.15) is 0 Å². The lowest BCUT2D eigenvalue weighted by Crippen LogP contribution is -2.39. The maximum atomic E-state index is 12.9. The van der Waals surface area contributed by atoms with Gasteiger partial charge >= 0.3 is 0 Å². The number of carbonyl (C=O) groups is 2. The number of pyridine rings is 1. The van der Waals surface area contributed by atoms with Crippen molar-refractivity contribution in [3.05, 3.63) is 66.0 Å². The summed E-state index contributed by atoms with van der Waals surface area (Å²) in [5.41, 5.74) is 2.20. The third kappa shape index (κ3) is 5.41. The summed E-state index contributed by atoms with van der Waals surface area (Å²) in [6, 6.07) is 13.9. The zero-order chi connectivity index (χ0) is 19.8. The monoisotopic (exact) mass is 379 g/mol. The Hall–Kier alpha value is -2.69. The predicted octanol–water partition coefficient (Wildman–Crippen LogP) is 3.55. The molecule has 0 unspecified atom stereocenters. The molecule has 1 N–H and O–H groups in total. The fourth-order valence-electron chi connectivity index (χ4n) is 3.84. The minimum Gasteiger partial charge on any atom is -0.352 e. The lowest BCUT2D eigenvalue weighted by molar-refractivity contribution is -0.138. The molecule has 0 bridgehead atoms. The maximum Gasteiger partial charge on any atom is 0.225 e. The normalized spacial score (nSPS) is 19.0. The van der Waals surface area contributed by atoms with E-state index in [1.165, 1.54) is 0 Å². The molecule has 0 spiro atoms. The van der Waals surface area contributed by atoms with E-state index in [4.69, 9.17) is 0 Å². The highest BCUT2D eigenvalue weighted by atomic mass is 16.2. The van der Waals surface area contributed by atoms with Crippen molar-refractivity contribution in [2.75, 3.05) is 6.54 Å². The van der Waals surface area contributed by atoms with Crippen LogP contribution in [0.5, 0.6) is 0 Å². The van der Waals surface area contributed by atoms with Gasteiger partial charge in [0.1, 0.15) is 0 Å². The third-order valence-corrected chi connectivity index (χ3v) is 5.57. The van der Waals surface area contributed by atoms with Crippen LogP contribution in [0.2, 0.25) is 0 Å². The van der Waals surface area contributed by atoms with Crippen LogP contribution in [0.25, 0.3) is 0 Å². The fourth-order valence-corrected chi connectivity index (χ4v) is 3.84. The molecule has 28 heavy (non-hydrogen) atoms. The van der Waals surface area contributed by atoms with E-state index >= 15 is 0 Å². The van der Waals surface area contributed by atoms with Gasteiger partial charge in [0, 0.05) is 43.9 Å². The number of hydrogen-bond donors (Lipinski definition) is 1. The Kier molecular flexibility index (Phi) is 7.18. The first-order valence-electron chi connectivity index (χ1n) is 10.2. The summed E-state index contributed by atoms with van der Waals surface area (Å²) >= 11 is 0. The van der Waals surface area contributed by atoms with Crippen molar-refractivity contribution in [2.45, 2.75) is 45.7 Å². The van der Waals surface area contributed by atoms with Crippen LogP contribution in [0.4, 0.5) is 0 Å². The van der Waals surface area contributed by atoms with Crippen LogP contribution in [-0.4, -0.2) is 28.2 Å². The van der Waals surface area contributed by atoms with Gasteiger partial charge in [-0.05, 0) is 55.9 Å². The van der Waals surface area contributed by atoms with Crippen molar-refractivity contribution in [3.8, 4) is 0 Å². The van der Waals surface area contributed by atoms with Gasteiger partial charge in [-0.3, -0.25) is 14.6 Å². The van der Waals surface area contributed by atoms with Crippen LogP contribution in [0.15, 0.2) is 54.9 Å². The van der Waals surface area contributed by atoms with Crippen molar-refractivity contribution < 1.29 is 9.59 Å². The number of nitrogens with zero attached hydrogens (tertiary/aromatic N) is 2. The standard InChI is InChI=1S/C23H29N3O2/c1-2-26(17-19-6-4-3-5-7-19)23(28)21-10-8-20(9-11-21)22(27)25-16-18-12-14-24-15-13-18/h3-7,12-15,20-21H,2,8-11,16-17H2,1H3,(H,25,27). The number of aromatic nitrogens is 1. The average Bonchev–Trinajstić information content (AvgIpc) is 2.77. The molecule has 5 heteroatoms. The first-order chi connectivity index (χ1) is 13.7. The van der Waals surface area contributed by atoms with Gasteiger partial charge in [0.05, 0.1) is 0 Å². The van der Waals surface area contributed by atoms with E-state index in [0.29, 0.717) is 19.6 Å². The zero-order valence-corrected chi connectivity index (χ0v) is 16.5. The molecular formula is C23H29N3O2. The molecule has 1 saturated carbocycles. The Morgan fingerprint density at radius 3 is 2.25 bits per heavy atom. The lowest BCUT2D eigenvalue weighted by atomic mass is 9.81. The number of hydrogen-bond acceptors (Lipinski definition) is 3. The fraction of sp³-hybridized carbons (Fsp3) is 0.435. The Morgan fingerprint density at radius 2 is 1.61 bits per heavy atom. The molecule has 0 radical (unpaired) electrons. The smallest absolute Gasteiger partial charge is 0.225 e. The maximum absolute atomic E-state index is 12.9. The van der Waals surface area contributed by atoms with Gasteiger partial charge in [0.15, 0.2) is 0 Å². The van der Waals surface area contributed by atoms with Crippen LogP contribution < -0.4 is 5.32 Å². The van der Waals surface area contributed by atoms with Gasteiger partial charge in [-0.25, -0.2) is 0 Å². The minimum atomic E-state index is 0.00934. The molecule has 148 valence electrons. The summed E-state index contributed by atoms with van der Waals surface area (Å²) in [5, 5.41) is 3.02. The van der Waals surface area contributed by atoms with E-state index in [-0.39, 0.29) is 23.7 Å². The number of nitrogens with one attached hydrogen (secondary N) is 1. The van der Waals surface area contributed by atoms with Crippen molar-refractivity contribution in [2.24, 2.45) is 11.8 Å². The first-order valence-corrected chi connectivity index (χ1v) is 10.2. The van der Waals surface area contributed by atoms with E-state index < -0.39 is 0 Å². The van der Waals surface area contributed by atoms with Crippen LogP contribution >= 0.6 is 0 Å². The van der Waals surface area contributed by atoms with E-state index in [1.54, 1.807) is 12.4 Å². The highest BCUT2D eigenvalue weighted by molar-refractivity contribution is 5.81. The summed E-state index contributed by atoms with van der Waals surface area (Å²) in [5.74, 6) is 0.365. The van der Waals surface area contributed by atoms with Crippen LogP contribution in [-0.2, 0) is 22.7 Å². The summed E-state index contributed by atoms with van der Waals surface area (Å²) in [6.45, 7) is 3.92. The summed E-state index contributed by atoms with van der Waals surface area (Å²) < 4.78 is 0. The molecule has 2 amide bonds. The number of carbonyl (C=O) groups excluding carboxylic acids is 2. The van der Waals surface area contributed by atoms with Crippen LogP contribution in [0.1, 0.15) is 43.7 Å². The molecule has 3 rings (SSSR count). The second-order valence-corrected chi connectivity index (χ2v) is 7.46. The molecule has 0 aliphatic heterocycles. The molecule has 0 saturated heterocycles. The van der Waals surface area contributed by atoms with E-state index in [1.807, 2.05) is 42.2 Å². The Labute approximate surface area is 167 Å². The van der Waals surface area contributed by atoms with Crippen molar-refractivity contribution in [1.82, 2.24) is 15.2 Å². The molecule has 1 aliphatic carbocycles. The average molecular weight is 380 g/mol.